The highest BCUT2D eigenvalue weighted by Gasteiger charge is 2.43. The van der Waals surface area contributed by atoms with Crippen molar-refractivity contribution in [2.75, 3.05) is 11.9 Å². The summed E-state index contributed by atoms with van der Waals surface area (Å²) >= 11 is 0. The third-order valence-corrected chi connectivity index (χ3v) is 5.43. The fourth-order valence-corrected chi connectivity index (χ4v) is 3.83. The molecule has 0 fully saturated rings. The third kappa shape index (κ3) is 3.14. The number of hydrogen-bond acceptors (Lipinski definition) is 4. The highest BCUT2D eigenvalue weighted by molar-refractivity contribution is 6.01. The first kappa shape index (κ1) is 18.5. The molecule has 150 valence electrons. The lowest BCUT2D eigenvalue weighted by Gasteiger charge is -2.25. The predicted octanol–water partition coefficient (Wildman–Crippen LogP) is 1.44. The van der Waals surface area contributed by atoms with Gasteiger partial charge in [-0.3, -0.25) is 19.6 Å². The molecule has 2 aromatic rings. The molecule has 0 saturated heterocycles. The molecule has 0 aromatic carbocycles. The van der Waals surface area contributed by atoms with Crippen molar-refractivity contribution < 1.29 is 22.8 Å². The summed E-state index contributed by atoms with van der Waals surface area (Å²) in [5.74, 6) is -1.84. The van der Waals surface area contributed by atoms with Crippen molar-refractivity contribution in [2.45, 2.75) is 44.4 Å². The molecule has 2 atom stereocenters. The van der Waals surface area contributed by atoms with Gasteiger partial charge in [-0.15, -0.1) is 0 Å². The number of aromatic amines is 1. The SMILES string of the molecule is CN1C(=O)[C@@H](NC(=O)c2n[nH]c3c2CC(C(F)(F)F)CC3)CCn2nccc21. The minimum atomic E-state index is -4.32. The Morgan fingerprint density at radius 2 is 2.14 bits per heavy atom. The second-order valence-corrected chi connectivity index (χ2v) is 7.14. The molecule has 2 aromatic heterocycles. The number of aromatic nitrogens is 4. The largest absolute Gasteiger partial charge is 0.392 e. The Morgan fingerprint density at radius 3 is 2.89 bits per heavy atom. The van der Waals surface area contributed by atoms with E-state index in [0.29, 0.717) is 24.5 Å². The van der Waals surface area contributed by atoms with E-state index in [2.05, 4.69) is 20.6 Å². The van der Waals surface area contributed by atoms with Crippen LogP contribution in [-0.4, -0.2) is 51.1 Å². The van der Waals surface area contributed by atoms with Crippen LogP contribution in [0.25, 0.3) is 0 Å². The number of likely N-dealkylation sites (N-methyl/N-ethyl adjacent to an activating group) is 1. The van der Waals surface area contributed by atoms with Gasteiger partial charge in [0.15, 0.2) is 5.69 Å². The van der Waals surface area contributed by atoms with Crippen LogP contribution in [0.1, 0.15) is 34.6 Å². The fourth-order valence-electron chi connectivity index (χ4n) is 3.83. The number of aryl methyl sites for hydroxylation is 2. The average molecular weight is 396 g/mol. The maximum Gasteiger partial charge on any atom is 0.392 e. The summed E-state index contributed by atoms with van der Waals surface area (Å²) in [5.41, 5.74) is 0.768. The molecule has 2 aliphatic rings. The van der Waals surface area contributed by atoms with Gasteiger partial charge in [-0.05, 0) is 25.7 Å². The lowest BCUT2D eigenvalue weighted by molar-refractivity contribution is -0.177. The summed E-state index contributed by atoms with van der Waals surface area (Å²) in [6, 6.07) is 0.886. The van der Waals surface area contributed by atoms with Crippen molar-refractivity contribution in [3.8, 4) is 0 Å². The molecular weight excluding hydrogens is 377 g/mol. The Kier molecular flexibility index (Phi) is 4.39. The van der Waals surface area contributed by atoms with Gasteiger partial charge in [-0.25, -0.2) is 4.68 Å². The Hall–Kier alpha value is -2.85. The van der Waals surface area contributed by atoms with E-state index < -0.39 is 24.0 Å². The zero-order valence-electron chi connectivity index (χ0n) is 15.1. The second kappa shape index (κ2) is 6.64. The number of carbonyl (C=O) groups excluding carboxylic acids is 2. The number of carbonyl (C=O) groups is 2. The topological polar surface area (TPSA) is 95.9 Å². The van der Waals surface area contributed by atoms with E-state index in [9.17, 15) is 22.8 Å². The molecule has 1 aliphatic carbocycles. The van der Waals surface area contributed by atoms with Crippen LogP contribution in [-0.2, 0) is 24.2 Å². The lowest BCUT2D eigenvalue weighted by atomic mass is 9.86. The monoisotopic (exact) mass is 396 g/mol. The van der Waals surface area contributed by atoms with Gasteiger partial charge < -0.3 is 5.32 Å². The van der Waals surface area contributed by atoms with Gasteiger partial charge in [0.05, 0.1) is 12.1 Å². The molecule has 2 amide bonds. The van der Waals surface area contributed by atoms with Gasteiger partial charge in [-0.1, -0.05) is 0 Å². The van der Waals surface area contributed by atoms with Crippen molar-refractivity contribution in [1.82, 2.24) is 25.3 Å². The highest BCUT2D eigenvalue weighted by atomic mass is 19.4. The highest BCUT2D eigenvalue weighted by Crippen LogP contribution is 2.37. The minimum absolute atomic E-state index is 0.0306. The van der Waals surface area contributed by atoms with Crippen LogP contribution in [0.3, 0.4) is 0 Å². The van der Waals surface area contributed by atoms with Gasteiger partial charge in [0.25, 0.3) is 11.8 Å². The molecule has 4 rings (SSSR count). The van der Waals surface area contributed by atoms with Gasteiger partial charge in [0.1, 0.15) is 11.9 Å². The molecule has 0 spiro atoms. The van der Waals surface area contributed by atoms with Crippen LogP contribution in [0.5, 0.6) is 0 Å². The van der Waals surface area contributed by atoms with Crippen LogP contribution >= 0.6 is 0 Å². The molecular formula is C17H19F3N6O2. The number of anilines is 1. The number of fused-ring (bicyclic) bond motifs is 2. The van der Waals surface area contributed by atoms with Gasteiger partial charge >= 0.3 is 6.18 Å². The Balaban J connectivity index is 1.52. The summed E-state index contributed by atoms with van der Waals surface area (Å²) in [6.07, 6.45) is -2.54. The summed E-state index contributed by atoms with van der Waals surface area (Å²) < 4.78 is 40.9. The number of nitrogens with one attached hydrogen (secondary N) is 2. The number of amides is 2. The number of alkyl halides is 3. The van der Waals surface area contributed by atoms with Crippen LogP contribution in [0, 0.1) is 5.92 Å². The zero-order chi connectivity index (χ0) is 20.1. The van der Waals surface area contributed by atoms with E-state index in [0.717, 1.165) is 0 Å². The van der Waals surface area contributed by atoms with Crippen LogP contribution in [0.4, 0.5) is 19.0 Å². The molecule has 11 heteroatoms. The number of H-pyrrole nitrogens is 1. The van der Waals surface area contributed by atoms with Crippen molar-refractivity contribution in [1.29, 1.82) is 0 Å². The van der Waals surface area contributed by atoms with Crippen molar-refractivity contribution in [3.63, 3.8) is 0 Å². The summed E-state index contributed by atoms with van der Waals surface area (Å²) in [7, 11) is 1.59. The summed E-state index contributed by atoms with van der Waals surface area (Å²) in [6.45, 7) is 0.429. The molecule has 28 heavy (non-hydrogen) atoms. The van der Waals surface area contributed by atoms with E-state index in [1.807, 2.05) is 0 Å². The maximum atomic E-state index is 13.1. The van der Waals surface area contributed by atoms with E-state index in [-0.39, 0.29) is 36.4 Å². The summed E-state index contributed by atoms with van der Waals surface area (Å²) in [4.78, 5) is 26.8. The molecule has 3 heterocycles. The quantitative estimate of drug-likeness (QED) is 0.803. The fraction of sp³-hybridized carbons (Fsp3) is 0.529. The normalized spacial score (nSPS) is 22.4. The van der Waals surface area contributed by atoms with Crippen molar-refractivity contribution >= 4 is 17.6 Å². The molecule has 1 unspecified atom stereocenters. The zero-order valence-corrected chi connectivity index (χ0v) is 15.1. The standard InChI is InChI=1S/C17H19F3N6O2/c1-25-13-4-6-21-26(13)7-5-12(16(25)28)22-15(27)14-10-8-9(17(18,19)20)2-3-11(10)23-24-14/h4,6,9,12H,2-3,5,7-8H2,1H3,(H,22,27)(H,23,24)/t9?,12-/m0/s1. The lowest BCUT2D eigenvalue weighted by Crippen LogP contribution is -2.47. The molecule has 1 aliphatic heterocycles. The predicted molar refractivity (Wildman–Crippen MR) is 91.7 cm³/mol. The second-order valence-electron chi connectivity index (χ2n) is 7.14. The van der Waals surface area contributed by atoms with Crippen LogP contribution < -0.4 is 10.2 Å². The van der Waals surface area contributed by atoms with E-state index in [1.165, 1.54) is 4.90 Å². The molecule has 0 radical (unpaired) electrons. The van der Waals surface area contributed by atoms with Gasteiger partial charge in [0, 0.05) is 30.9 Å². The number of nitrogens with zero attached hydrogens (tertiary/aromatic N) is 4. The third-order valence-electron chi connectivity index (χ3n) is 5.43. The first-order valence-corrected chi connectivity index (χ1v) is 8.98. The maximum absolute atomic E-state index is 13.1. The minimum Gasteiger partial charge on any atom is -0.339 e. The van der Waals surface area contributed by atoms with Crippen molar-refractivity contribution in [2.24, 2.45) is 5.92 Å². The Morgan fingerprint density at radius 1 is 1.36 bits per heavy atom. The van der Waals surface area contributed by atoms with E-state index in [4.69, 9.17) is 0 Å². The van der Waals surface area contributed by atoms with E-state index in [1.54, 1.807) is 24.0 Å². The Bertz CT molecular complexity index is 918. The van der Waals surface area contributed by atoms with Gasteiger partial charge in [-0.2, -0.15) is 23.4 Å². The van der Waals surface area contributed by atoms with E-state index >= 15 is 0 Å². The summed E-state index contributed by atoms with van der Waals surface area (Å²) in [5, 5.41) is 13.4. The molecule has 0 saturated carbocycles. The first-order valence-electron chi connectivity index (χ1n) is 8.98. The van der Waals surface area contributed by atoms with Crippen LogP contribution in [0.2, 0.25) is 0 Å². The Labute approximate surface area is 158 Å². The average Bonchev–Trinajstić information content (AvgIpc) is 3.26. The number of hydrogen-bond donors (Lipinski definition) is 2. The molecule has 0 bridgehead atoms. The van der Waals surface area contributed by atoms with Crippen LogP contribution in [0.15, 0.2) is 12.3 Å². The molecule has 8 nitrogen and oxygen atoms in total. The molecule has 2 N–H and O–H groups in total. The number of rotatable bonds is 2. The number of halogens is 3. The smallest absolute Gasteiger partial charge is 0.339 e. The van der Waals surface area contributed by atoms with Crippen molar-refractivity contribution in [3.05, 3.63) is 29.2 Å². The first-order chi connectivity index (χ1) is 13.3. The van der Waals surface area contributed by atoms with Gasteiger partial charge in [0.2, 0.25) is 0 Å².